The van der Waals surface area contributed by atoms with E-state index in [1.807, 2.05) is 60.3 Å². The highest BCUT2D eigenvalue weighted by Crippen LogP contribution is 2.26. The Hall–Kier alpha value is -2.18. The van der Waals surface area contributed by atoms with E-state index in [9.17, 15) is 8.42 Å². The average Bonchev–Trinajstić information content (AvgIpc) is 2.98. The Kier molecular flexibility index (Phi) is 4.92. The Balaban J connectivity index is 2.14. The number of halogens is 1. The van der Waals surface area contributed by atoms with Crippen molar-refractivity contribution in [2.24, 2.45) is 7.05 Å². The van der Waals surface area contributed by atoms with Crippen molar-refractivity contribution in [2.75, 3.05) is 6.26 Å². The molecule has 2 aromatic carbocycles. The lowest BCUT2D eigenvalue weighted by Gasteiger charge is -2.10. The quantitative estimate of drug-likeness (QED) is 0.599. The SMILES string of the molecule is Cn1ccnc1/C(=C/c1cccc(Br)c1)c1ccc(S(C)(=O)=O)cc1. The molecule has 25 heavy (non-hydrogen) atoms. The summed E-state index contributed by atoms with van der Waals surface area (Å²) >= 11 is 3.49. The molecule has 0 atom stereocenters. The topological polar surface area (TPSA) is 52.0 Å². The van der Waals surface area contributed by atoms with Crippen molar-refractivity contribution in [3.8, 4) is 0 Å². The van der Waals surface area contributed by atoms with Crippen LogP contribution >= 0.6 is 15.9 Å². The summed E-state index contributed by atoms with van der Waals surface area (Å²) in [6.45, 7) is 0. The second kappa shape index (κ2) is 6.98. The van der Waals surface area contributed by atoms with Gasteiger partial charge in [-0.2, -0.15) is 0 Å². The number of benzene rings is 2. The van der Waals surface area contributed by atoms with E-state index >= 15 is 0 Å². The van der Waals surface area contributed by atoms with Crippen LogP contribution in [-0.4, -0.2) is 24.2 Å². The molecule has 0 aliphatic rings. The lowest BCUT2D eigenvalue weighted by molar-refractivity contribution is 0.602. The Morgan fingerprint density at radius 2 is 1.88 bits per heavy atom. The van der Waals surface area contributed by atoms with Crippen LogP contribution in [0, 0.1) is 0 Å². The normalized spacial score (nSPS) is 12.4. The van der Waals surface area contributed by atoms with Gasteiger partial charge < -0.3 is 4.57 Å². The highest BCUT2D eigenvalue weighted by molar-refractivity contribution is 9.10. The molecule has 0 bridgehead atoms. The molecule has 1 heterocycles. The lowest BCUT2D eigenvalue weighted by Crippen LogP contribution is -2.00. The van der Waals surface area contributed by atoms with Gasteiger partial charge in [-0.25, -0.2) is 13.4 Å². The van der Waals surface area contributed by atoms with Crippen molar-refractivity contribution in [1.29, 1.82) is 0 Å². The van der Waals surface area contributed by atoms with E-state index in [4.69, 9.17) is 0 Å². The average molecular weight is 417 g/mol. The lowest BCUT2D eigenvalue weighted by atomic mass is 10.0. The molecule has 0 spiro atoms. The monoisotopic (exact) mass is 416 g/mol. The van der Waals surface area contributed by atoms with Crippen molar-refractivity contribution in [1.82, 2.24) is 9.55 Å². The van der Waals surface area contributed by atoms with E-state index < -0.39 is 9.84 Å². The summed E-state index contributed by atoms with van der Waals surface area (Å²) < 4.78 is 26.3. The standard InChI is InChI=1S/C19H17BrN2O2S/c1-22-11-10-21-19(22)18(13-14-4-3-5-16(20)12-14)15-6-8-17(9-7-15)25(2,23)24/h3-13H,1-2H3/b18-13+. The molecule has 6 heteroatoms. The van der Waals surface area contributed by atoms with Crippen LogP contribution < -0.4 is 0 Å². The third kappa shape index (κ3) is 4.08. The zero-order valence-electron chi connectivity index (χ0n) is 13.8. The number of sulfone groups is 1. The Labute approximate surface area is 155 Å². The van der Waals surface area contributed by atoms with Gasteiger partial charge in [-0.3, -0.25) is 0 Å². The van der Waals surface area contributed by atoms with Gasteiger partial charge in [0, 0.05) is 35.7 Å². The minimum absolute atomic E-state index is 0.304. The highest BCUT2D eigenvalue weighted by atomic mass is 79.9. The van der Waals surface area contributed by atoms with E-state index in [1.165, 1.54) is 6.26 Å². The molecule has 0 fully saturated rings. The molecule has 0 amide bonds. The molecule has 0 aliphatic heterocycles. The fourth-order valence-electron chi connectivity index (χ4n) is 2.55. The number of imidazole rings is 1. The number of rotatable bonds is 4. The van der Waals surface area contributed by atoms with Gasteiger partial charge in [-0.05, 0) is 41.5 Å². The predicted molar refractivity (Wildman–Crippen MR) is 104 cm³/mol. The summed E-state index contributed by atoms with van der Waals surface area (Å²) in [5.41, 5.74) is 2.85. The second-order valence-electron chi connectivity index (χ2n) is 5.77. The molecule has 0 radical (unpaired) electrons. The van der Waals surface area contributed by atoms with Crippen LogP contribution in [0.15, 0.2) is 70.3 Å². The molecule has 3 rings (SSSR count). The number of hydrogen-bond donors (Lipinski definition) is 0. The third-order valence-electron chi connectivity index (χ3n) is 3.82. The number of hydrogen-bond acceptors (Lipinski definition) is 3. The van der Waals surface area contributed by atoms with Crippen LogP contribution in [0.2, 0.25) is 0 Å². The molecule has 4 nitrogen and oxygen atoms in total. The molecule has 3 aromatic rings. The number of aryl methyl sites for hydroxylation is 1. The van der Waals surface area contributed by atoms with Crippen LogP contribution in [0.3, 0.4) is 0 Å². The fourth-order valence-corrected chi connectivity index (χ4v) is 3.59. The Morgan fingerprint density at radius 3 is 2.44 bits per heavy atom. The highest BCUT2D eigenvalue weighted by Gasteiger charge is 2.12. The minimum atomic E-state index is -3.22. The molecule has 0 saturated heterocycles. The van der Waals surface area contributed by atoms with Crippen LogP contribution in [0.5, 0.6) is 0 Å². The van der Waals surface area contributed by atoms with Crippen molar-refractivity contribution in [3.63, 3.8) is 0 Å². The minimum Gasteiger partial charge on any atom is -0.334 e. The third-order valence-corrected chi connectivity index (χ3v) is 5.44. The van der Waals surface area contributed by atoms with Crippen LogP contribution in [-0.2, 0) is 16.9 Å². The molecule has 0 aliphatic carbocycles. The second-order valence-corrected chi connectivity index (χ2v) is 8.70. The largest absolute Gasteiger partial charge is 0.334 e. The van der Waals surface area contributed by atoms with Gasteiger partial charge in [0.1, 0.15) is 5.82 Å². The summed E-state index contributed by atoms with van der Waals surface area (Å²) in [5.74, 6) is 0.812. The maximum atomic E-state index is 11.7. The van der Waals surface area contributed by atoms with Gasteiger partial charge in [0.2, 0.25) is 0 Å². The molecule has 1 aromatic heterocycles. The van der Waals surface area contributed by atoms with Gasteiger partial charge in [0.15, 0.2) is 9.84 Å². The van der Waals surface area contributed by atoms with Crippen LogP contribution in [0.4, 0.5) is 0 Å². The molecule has 0 unspecified atom stereocenters. The van der Waals surface area contributed by atoms with E-state index in [-0.39, 0.29) is 0 Å². The zero-order valence-corrected chi connectivity index (χ0v) is 16.3. The Morgan fingerprint density at radius 1 is 1.16 bits per heavy atom. The Bertz CT molecular complexity index is 1040. The first kappa shape index (κ1) is 17.6. The summed E-state index contributed by atoms with van der Waals surface area (Å²) in [6.07, 6.45) is 6.88. The summed E-state index contributed by atoms with van der Waals surface area (Å²) in [5, 5.41) is 0. The first-order chi connectivity index (χ1) is 11.8. The first-order valence-electron chi connectivity index (χ1n) is 7.60. The predicted octanol–water partition coefficient (Wildman–Crippen LogP) is 4.18. The van der Waals surface area contributed by atoms with Gasteiger partial charge in [-0.15, -0.1) is 0 Å². The number of aromatic nitrogens is 2. The van der Waals surface area contributed by atoms with Crippen LogP contribution in [0.25, 0.3) is 11.6 Å². The molecular formula is C19H17BrN2O2S. The molecule has 0 saturated carbocycles. The first-order valence-corrected chi connectivity index (χ1v) is 10.3. The maximum absolute atomic E-state index is 11.7. The van der Waals surface area contributed by atoms with E-state index in [1.54, 1.807) is 18.3 Å². The van der Waals surface area contributed by atoms with E-state index in [0.29, 0.717) is 4.90 Å². The van der Waals surface area contributed by atoms with Crippen molar-refractivity contribution in [3.05, 3.63) is 82.3 Å². The summed E-state index contributed by atoms with van der Waals surface area (Å²) in [6, 6.07) is 14.9. The van der Waals surface area contributed by atoms with Crippen molar-refractivity contribution < 1.29 is 8.42 Å². The maximum Gasteiger partial charge on any atom is 0.175 e. The fraction of sp³-hybridized carbons (Fsp3) is 0.105. The van der Waals surface area contributed by atoms with Gasteiger partial charge in [0.25, 0.3) is 0 Å². The van der Waals surface area contributed by atoms with Crippen molar-refractivity contribution >= 4 is 37.4 Å². The van der Waals surface area contributed by atoms with Crippen LogP contribution in [0.1, 0.15) is 17.0 Å². The molecule has 128 valence electrons. The smallest absolute Gasteiger partial charge is 0.175 e. The van der Waals surface area contributed by atoms with Gasteiger partial charge in [-0.1, -0.05) is 40.2 Å². The van der Waals surface area contributed by atoms with Gasteiger partial charge in [0.05, 0.1) is 4.90 Å². The van der Waals surface area contributed by atoms with E-state index in [2.05, 4.69) is 20.9 Å². The summed E-state index contributed by atoms with van der Waals surface area (Å²) in [7, 11) is -1.29. The molecular weight excluding hydrogens is 400 g/mol. The zero-order chi connectivity index (χ0) is 18.0. The van der Waals surface area contributed by atoms with Gasteiger partial charge >= 0.3 is 0 Å². The van der Waals surface area contributed by atoms with E-state index in [0.717, 1.165) is 27.0 Å². The molecule has 0 N–H and O–H groups in total. The number of nitrogens with zero attached hydrogens (tertiary/aromatic N) is 2. The summed E-state index contributed by atoms with van der Waals surface area (Å²) in [4.78, 5) is 4.75. The van der Waals surface area contributed by atoms with Crippen molar-refractivity contribution in [2.45, 2.75) is 4.90 Å².